The van der Waals surface area contributed by atoms with Crippen molar-refractivity contribution in [2.24, 2.45) is 11.7 Å². The predicted molar refractivity (Wildman–Crippen MR) is 80.4 cm³/mol. The normalized spacial score (nSPS) is 23.9. The van der Waals surface area contributed by atoms with E-state index in [0.717, 1.165) is 22.3 Å². The van der Waals surface area contributed by atoms with Crippen molar-refractivity contribution in [3.05, 3.63) is 30.1 Å². The lowest BCUT2D eigenvalue weighted by Gasteiger charge is -2.25. The molecule has 0 aromatic carbocycles. The van der Waals surface area contributed by atoms with Gasteiger partial charge in [-0.05, 0) is 30.9 Å². The first-order valence-corrected chi connectivity index (χ1v) is 7.98. The van der Waals surface area contributed by atoms with Crippen LogP contribution in [0.4, 0.5) is 0 Å². The molecular formula is C15H21N3S. The molecule has 0 spiro atoms. The zero-order valence-electron chi connectivity index (χ0n) is 11.4. The van der Waals surface area contributed by atoms with Crippen LogP contribution in [0.2, 0.25) is 0 Å². The van der Waals surface area contributed by atoms with Crippen molar-refractivity contribution in [1.82, 2.24) is 9.38 Å². The summed E-state index contributed by atoms with van der Waals surface area (Å²) >= 11 is 1.93. The summed E-state index contributed by atoms with van der Waals surface area (Å²) in [6.45, 7) is 2.91. The highest BCUT2D eigenvalue weighted by Gasteiger charge is 2.22. The van der Waals surface area contributed by atoms with Crippen LogP contribution in [0.15, 0.2) is 29.4 Å². The molecule has 1 aliphatic carbocycles. The summed E-state index contributed by atoms with van der Waals surface area (Å²) in [6, 6.07) is 6.11. The summed E-state index contributed by atoms with van der Waals surface area (Å²) in [5.41, 5.74) is 8.08. The molecule has 0 radical (unpaired) electrons. The molecule has 19 heavy (non-hydrogen) atoms. The Balaban J connectivity index is 1.87. The van der Waals surface area contributed by atoms with Crippen molar-refractivity contribution >= 4 is 17.4 Å². The first kappa shape index (κ1) is 13.0. The second-order valence-electron chi connectivity index (χ2n) is 5.51. The molecule has 1 fully saturated rings. The van der Waals surface area contributed by atoms with Crippen molar-refractivity contribution in [3.63, 3.8) is 0 Å². The van der Waals surface area contributed by atoms with Gasteiger partial charge in [0, 0.05) is 18.0 Å². The van der Waals surface area contributed by atoms with Crippen LogP contribution in [0.5, 0.6) is 0 Å². The van der Waals surface area contributed by atoms with E-state index in [4.69, 9.17) is 10.7 Å². The van der Waals surface area contributed by atoms with E-state index in [2.05, 4.69) is 17.5 Å². The molecule has 0 amide bonds. The van der Waals surface area contributed by atoms with E-state index in [0.29, 0.717) is 11.8 Å². The Morgan fingerprint density at radius 2 is 2.32 bits per heavy atom. The van der Waals surface area contributed by atoms with Crippen molar-refractivity contribution in [3.8, 4) is 0 Å². The smallest absolute Gasteiger partial charge is 0.138 e. The highest BCUT2D eigenvalue weighted by atomic mass is 32.2. The van der Waals surface area contributed by atoms with Crippen molar-refractivity contribution in [1.29, 1.82) is 0 Å². The van der Waals surface area contributed by atoms with Crippen LogP contribution in [0.25, 0.3) is 5.65 Å². The Labute approximate surface area is 118 Å². The summed E-state index contributed by atoms with van der Waals surface area (Å²) in [7, 11) is 0. The highest BCUT2D eigenvalue weighted by molar-refractivity contribution is 7.99. The Morgan fingerprint density at radius 1 is 1.42 bits per heavy atom. The quantitative estimate of drug-likeness (QED) is 0.933. The summed E-state index contributed by atoms with van der Waals surface area (Å²) in [5.74, 6) is 0.851. The molecule has 2 aromatic heterocycles. The Hall–Kier alpha value is -1.00. The molecule has 1 aliphatic rings. The first-order chi connectivity index (χ1) is 9.28. The number of aromatic nitrogens is 2. The van der Waals surface area contributed by atoms with E-state index in [1.165, 1.54) is 25.7 Å². The third kappa shape index (κ3) is 2.65. The number of thioether (sulfide) groups is 1. The first-order valence-electron chi connectivity index (χ1n) is 7.10. The number of imidazole rings is 1. The van der Waals surface area contributed by atoms with Crippen LogP contribution in [0.3, 0.4) is 0 Å². The number of hydrogen-bond donors (Lipinski definition) is 1. The van der Waals surface area contributed by atoms with E-state index < -0.39 is 0 Å². The van der Waals surface area contributed by atoms with E-state index in [1.54, 1.807) is 0 Å². The van der Waals surface area contributed by atoms with E-state index in [1.807, 2.05) is 30.0 Å². The average molecular weight is 275 g/mol. The molecular weight excluding hydrogens is 254 g/mol. The lowest BCUT2D eigenvalue weighted by atomic mass is 9.91. The third-order valence-corrected chi connectivity index (χ3v) is 5.26. The maximum atomic E-state index is 5.92. The monoisotopic (exact) mass is 275 g/mol. The predicted octanol–water partition coefficient (Wildman–Crippen LogP) is 3.46. The van der Waals surface area contributed by atoms with Gasteiger partial charge in [0.1, 0.15) is 10.7 Å². The molecule has 0 bridgehead atoms. The molecule has 3 nitrogen and oxygen atoms in total. The van der Waals surface area contributed by atoms with Crippen LogP contribution < -0.4 is 5.73 Å². The van der Waals surface area contributed by atoms with E-state index >= 15 is 0 Å². The maximum Gasteiger partial charge on any atom is 0.138 e. The molecule has 4 heteroatoms. The lowest BCUT2D eigenvalue weighted by Crippen LogP contribution is -2.15. The summed E-state index contributed by atoms with van der Waals surface area (Å²) in [5, 5.41) is 1.84. The number of pyridine rings is 1. The fraction of sp³-hybridized carbons (Fsp3) is 0.533. The summed E-state index contributed by atoms with van der Waals surface area (Å²) in [4.78, 5) is 4.75. The fourth-order valence-corrected chi connectivity index (χ4v) is 4.44. The molecule has 2 N–H and O–H groups in total. The number of nitrogens with zero attached hydrogens (tertiary/aromatic N) is 2. The van der Waals surface area contributed by atoms with Gasteiger partial charge in [0.2, 0.25) is 0 Å². The minimum Gasteiger partial charge on any atom is -0.325 e. The topological polar surface area (TPSA) is 43.3 Å². The van der Waals surface area contributed by atoms with Gasteiger partial charge in [-0.1, -0.05) is 25.8 Å². The summed E-state index contributed by atoms with van der Waals surface area (Å²) in [6.07, 6.45) is 7.41. The molecule has 1 saturated carbocycles. The van der Waals surface area contributed by atoms with Crippen molar-refractivity contribution in [2.45, 2.75) is 49.4 Å². The largest absolute Gasteiger partial charge is 0.325 e. The molecule has 102 valence electrons. The van der Waals surface area contributed by atoms with Crippen LogP contribution >= 0.6 is 11.8 Å². The van der Waals surface area contributed by atoms with Gasteiger partial charge in [0.05, 0.1) is 5.69 Å². The van der Waals surface area contributed by atoms with Gasteiger partial charge in [-0.25, -0.2) is 4.98 Å². The SMILES string of the molecule is CC1CCCC(Sc2nc3ccccn3c2CN)C1. The van der Waals surface area contributed by atoms with Crippen molar-refractivity contribution < 1.29 is 0 Å². The number of rotatable bonds is 3. The molecule has 2 unspecified atom stereocenters. The van der Waals surface area contributed by atoms with E-state index in [9.17, 15) is 0 Å². The van der Waals surface area contributed by atoms with Gasteiger partial charge in [-0.3, -0.25) is 0 Å². The van der Waals surface area contributed by atoms with Gasteiger partial charge in [0.15, 0.2) is 0 Å². The summed E-state index contributed by atoms with van der Waals surface area (Å²) < 4.78 is 2.12. The zero-order valence-corrected chi connectivity index (χ0v) is 12.2. The van der Waals surface area contributed by atoms with Gasteiger partial charge >= 0.3 is 0 Å². The van der Waals surface area contributed by atoms with Crippen LogP contribution in [-0.4, -0.2) is 14.6 Å². The van der Waals surface area contributed by atoms with Crippen molar-refractivity contribution in [2.75, 3.05) is 0 Å². The van der Waals surface area contributed by atoms with Crippen LogP contribution in [0, 0.1) is 5.92 Å². The zero-order chi connectivity index (χ0) is 13.2. The lowest BCUT2D eigenvalue weighted by molar-refractivity contribution is 0.394. The maximum absolute atomic E-state index is 5.92. The van der Waals surface area contributed by atoms with Gasteiger partial charge in [0.25, 0.3) is 0 Å². The standard InChI is InChI=1S/C15H21N3S/c1-11-5-4-6-12(9-11)19-15-13(10-16)18-8-3-2-7-14(18)17-15/h2-3,7-8,11-12H,4-6,9-10,16H2,1H3. The molecule has 3 rings (SSSR count). The Bertz CT molecular complexity index is 564. The molecule has 2 heterocycles. The van der Waals surface area contributed by atoms with Gasteiger partial charge < -0.3 is 10.1 Å². The van der Waals surface area contributed by atoms with Gasteiger partial charge in [-0.15, -0.1) is 11.8 Å². The van der Waals surface area contributed by atoms with Crippen LogP contribution in [-0.2, 0) is 6.54 Å². The Morgan fingerprint density at radius 3 is 3.11 bits per heavy atom. The number of nitrogens with two attached hydrogens (primary N) is 1. The Kier molecular flexibility index (Phi) is 3.80. The molecule has 0 saturated heterocycles. The second kappa shape index (κ2) is 5.55. The molecule has 2 aromatic rings. The number of fused-ring (bicyclic) bond motifs is 1. The average Bonchev–Trinajstić information content (AvgIpc) is 2.75. The molecule has 0 aliphatic heterocycles. The van der Waals surface area contributed by atoms with Gasteiger partial charge in [-0.2, -0.15) is 0 Å². The second-order valence-corrected chi connectivity index (χ2v) is 6.80. The van der Waals surface area contributed by atoms with Crippen LogP contribution in [0.1, 0.15) is 38.3 Å². The molecule has 2 atom stereocenters. The highest BCUT2D eigenvalue weighted by Crippen LogP contribution is 2.37. The minimum atomic E-state index is 0.551. The minimum absolute atomic E-state index is 0.551. The fourth-order valence-electron chi connectivity index (χ4n) is 2.95. The third-order valence-electron chi connectivity index (χ3n) is 3.95. The number of hydrogen-bond acceptors (Lipinski definition) is 3. The van der Waals surface area contributed by atoms with E-state index in [-0.39, 0.29) is 0 Å².